The molecule has 0 amide bonds. The number of hydrogen-bond donors (Lipinski definition) is 6. The van der Waals surface area contributed by atoms with Crippen LogP contribution in [0.3, 0.4) is 0 Å². The molecule has 4 rings (SSSR count). The Morgan fingerprint density at radius 2 is 1.54 bits per heavy atom. The van der Waals surface area contributed by atoms with Crippen LogP contribution in [0.2, 0.25) is 0 Å². The zero-order chi connectivity index (χ0) is 24.6. The quantitative estimate of drug-likeness (QED) is 0.176. The minimum atomic E-state index is -0.712. The van der Waals surface area contributed by atoms with Gasteiger partial charge in [-0.1, -0.05) is 37.5 Å². The molecule has 0 radical (unpaired) electrons. The van der Waals surface area contributed by atoms with Crippen molar-refractivity contribution in [3.63, 3.8) is 0 Å². The fraction of sp³-hybridized carbons (Fsp3) is 0.379. The van der Waals surface area contributed by atoms with Gasteiger partial charge in [-0.2, -0.15) is 0 Å². The zero-order valence-corrected chi connectivity index (χ0v) is 20.1. The van der Waals surface area contributed by atoms with Gasteiger partial charge in [-0.05, 0) is 90.9 Å². The fourth-order valence-corrected chi connectivity index (χ4v) is 4.82. The van der Waals surface area contributed by atoms with Crippen molar-refractivity contribution in [1.29, 1.82) is 0 Å². The van der Waals surface area contributed by atoms with Gasteiger partial charge < -0.3 is 31.1 Å². The van der Waals surface area contributed by atoms with Crippen molar-refractivity contribution in [3.05, 3.63) is 82.9 Å². The summed E-state index contributed by atoms with van der Waals surface area (Å²) in [6.07, 6.45) is 6.18. The van der Waals surface area contributed by atoms with E-state index in [0.717, 1.165) is 42.7 Å². The van der Waals surface area contributed by atoms with E-state index >= 15 is 0 Å². The SMILES string of the molecule is OCc1cc(C(O)CNCCc2ccc(Nc3ccc(O)c(C4CCCCC4)c3)cc2)ccc1O. The predicted octanol–water partition coefficient (Wildman–Crippen LogP) is 5.25. The highest BCUT2D eigenvalue weighted by Crippen LogP contribution is 2.38. The van der Waals surface area contributed by atoms with E-state index in [9.17, 15) is 20.4 Å². The van der Waals surface area contributed by atoms with E-state index in [1.807, 2.05) is 6.07 Å². The Morgan fingerprint density at radius 3 is 2.29 bits per heavy atom. The van der Waals surface area contributed by atoms with Crippen molar-refractivity contribution in [2.24, 2.45) is 0 Å². The smallest absolute Gasteiger partial charge is 0.121 e. The number of aliphatic hydroxyl groups is 2. The lowest BCUT2D eigenvalue weighted by Gasteiger charge is -2.23. The predicted molar refractivity (Wildman–Crippen MR) is 139 cm³/mol. The van der Waals surface area contributed by atoms with E-state index in [1.54, 1.807) is 18.2 Å². The lowest BCUT2D eigenvalue weighted by Crippen LogP contribution is -2.23. The monoisotopic (exact) mass is 476 g/mol. The van der Waals surface area contributed by atoms with Gasteiger partial charge in [0.2, 0.25) is 0 Å². The summed E-state index contributed by atoms with van der Waals surface area (Å²) in [6, 6.07) is 18.9. The third-order valence-electron chi connectivity index (χ3n) is 6.90. The van der Waals surface area contributed by atoms with Crippen LogP contribution in [0.5, 0.6) is 11.5 Å². The standard InChI is InChI=1S/C29H36N2O4/c32-19-23-16-22(8-12-27(23)33)29(35)18-30-15-14-20-6-9-24(10-7-20)31-25-11-13-28(34)26(17-25)21-4-2-1-3-5-21/h6-13,16-17,21,29-35H,1-5,14-15,18-19H2. The first kappa shape index (κ1) is 25.0. The van der Waals surface area contributed by atoms with E-state index in [2.05, 4.69) is 41.0 Å². The van der Waals surface area contributed by atoms with Crippen LogP contribution < -0.4 is 10.6 Å². The van der Waals surface area contributed by atoms with Gasteiger partial charge in [-0.15, -0.1) is 0 Å². The first-order valence-corrected chi connectivity index (χ1v) is 12.5. The molecule has 0 aliphatic heterocycles. The summed E-state index contributed by atoms with van der Waals surface area (Å²) in [5.74, 6) is 0.878. The average Bonchev–Trinajstić information content (AvgIpc) is 2.89. The van der Waals surface area contributed by atoms with Crippen LogP contribution in [0.1, 0.15) is 66.4 Å². The largest absolute Gasteiger partial charge is 0.508 e. The molecule has 186 valence electrons. The first-order valence-electron chi connectivity index (χ1n) is 12.5. The van der Waals surface area contributed by atoms with E-state index in [4.69, 9.17) is 0 Å². The van der Waals surface area contributed by atoms with Crippen LogP contribution >= 0.6 is 0 Å². The molecule has 1 unspecified atom stereocenters. The lowest BCUT2D eigenvalue weighted by atomic mass is 9.83. The topological polar surface area (TPSA) is 105 Å². The third-order valence-corrected chi connectivity index (χ3v) is 6.90. The molecular formula is C29H36N2O4. The molecule has 3 aromatic carbocycles. The minimum absolute atomic E-state index is 0.0319. The molecule has 0 saturated heterocycles. The van der Waals surface area contributed by atoms with E-state index in [-0.39, 0.29) is 12.4 Å². The number of aromatic hydroxyl groups is 2. The summed E-state index contributed by atoms with van der Waals surface area (Å²) < 4.78 is 0. The molecule has 6 nitrogen and oxygen atoms in total. The van der Waals surface area contributed by atoms with E-state index in [0.29, 0.717) is 29.3 Å². The number of hydrogen-bond acceptors (Lipinski definition) is 6. The molecule has 0 bridgehead atoms. The lowest BCUT2D eigenvalue weighted by molar-refractivity contribution is 0.174. The van der Waals surface area contributed by atoms with Gasteiger partial charge in [-0.25, -0.2) is 0 Å². The van der Waals surface area contributed by atoms with Crippen molar-refractivity contribution in [2.75, 3.05) is 18.4 Å². The van der Waals surface area contributed by atoms with Crippen LogP contribution in [0.15, 0.2) is 60.7 Å². The molecular weight excluding hydrogens is 440 g/mol. The number of aliphatic hydroxyl groups excluding tert-OH is 2. The molecule has 3 aromatic rings. The molecule has 6 N–H and O–H groups in total. The van der Waals surface area contributed by atoms with Crippen molar-refractivity contribution in [2.45, 2.75) is 57.2 Å². The zero-order valence-electron chi connectivity index (χ0n) is 20.1. The molecule has 0 heterocycles. The Kier molecular flexibility index (Phi) is 8.64. The molecule has 1 aliphatic rings. The van der Waals surface area contributed by atoms with Gasteiger partial charge >= 0.3 is 0 Å². The Bertz CT molecular complexity index is 1090. The van der Waals surface area contributed by atoms with Gasteiger partial charge in [0.15, 0.2) is 0 Å². The van der Waals surface area contributed by atoms with E-state index in [1.165, 1.54) is 30.9 Å². The Morgan fingerprint density at radius 1 is 0.829 bits per heavy atom. The Hall–Kier alpha value is -3.06. The normalized spacial score (nSPS) is 15.1. The maximum absolute atomic E-state index is 10.4. The van der Waals surface area contributed by atoms with Gasteiger partial charge in [-0.3, -0.25) is 0 Å². The highest BCUT2D eigenvalue weighted by Gasteiger charge is 2.19. The minimum Gasteiger partial charge on any atom is -0.508 e. The molecule has 1 fully saturated rings. The maximum Gasteiger partial charge on any atom is 0.121 e. The Labute approximate surface area is 207 Å². The van der Waals surface area contributed by atoms with Crippen LogP contribution in [0, 0.1) is 0 Å². The fourth-order valence-electron chi connectivity index (χ4n) is 4.82. The van der Waals surface area contributed by atoms with Gasteiger partial charge in [0.1, 0.15) is 11.5 Å². The Balaban J connectivity index is 1.26. The second-order valence-electron chi connectivity index (χ2n) is 9.45. The molecule has 6 heteroatoms. The number of nitrogens with one attached hydrogen (secondary N) is 2. The summed E-state index contributed by atoms with van der Waals surface area (Å²) in [7, 11) is 0. The van der Waals surface area contributed by atoms with Crippen molar-refractivity contribution >= 4 is 11.4 Å². The van der Waals surface area contributed by atoms with Gasteiger partial charge in [0, 0.05) is 23.5 Å². The molecule has 1 saturated carbocycles. The average molecular weight is 477 g/mol. The summed E-state index contributed by atoms with van der Waals surface area (Å²) in [5, 5.41) is 46.4. The van der Waals surface area contributed by atoms with Crippen LogP contribution in [-0.2, 0) is 13.0 Å². The highest BCUT2D eigenvalue weighted by atomic mass is 16.3. The second-order valence-corrected chi connectivity index (χ2v) is 9.45. The van der Waals surface area contributed by atoms with E-state index < -0.39 is 6.10 Å². The third kappa shape index (κ3) is 6.75. The summed E-state index contributed by atoms with van der Waals surface area (Å²) in [5.41, 5.74) is 5.32. The van der Waals surface area contributed by atoms with Gasteiger partial charge in [0.05, 0.1) is 12.7 Å². The number of phenols is 2. The number of benzene rings is 3. The number of rotatable bonds is 10. The molecule has 35 heavy (non-hydrogen) atoms. The van der Waals surface area contributed by atoms with Crippen LogP contribution in [-0.4, -0.2) is 33.5 Å². The van der Waals surface area contributed by atoms with Gasteiger partial charge in [0.25, 0.3) is 0 Å². The number of phenolic OH excluding ortho intramolecular Hbond substituents is 1. The molecule has 1 atom stereocenters. The summed E-state index contributed by atoms with van der Waals surface area (Å²) in [4.78, 5) is 0. The molecule has 0 aromatic heterocycles. The highest BCUT2D eigenvalue weighted by molar-refractivity contribution is 5.62. The van der Waals surface area contributed by atoms with Crippen molar-refractivity contribution in [1.82, 2.24) is 5.32 Å². The van der Waals surface area contributed by atoms with Crippen molar-refractivity contribution in [3.8, 4) is 11.5 Å². The maximum atomic E-state index is 10.4. The van der Waals surface area contributed by atoms with Crippen LogP contribution in [0.25, 0.3) is 0 Å². The first-order chi connectivity index (χ1) is 17.0. The number of anilines is 2. The van der Waals surface area contributed by atoms with Crippen LogP contribution in [0.4, 0.5) is 11.4 Å². The summed E-state index contributed by atoms with van der Waals surface area (Å²) >= 11 is 0. The molecule has 1 aliphatic carbocycles. The second kappa shape index (κ2) is 12.1. The molecule has 0 spiro atoms. The van der Waals surface area contributed by atoms with Crippen molar-refractivity contribution < 1.29 is 20.4 Å². The summed E-state index contributed by atoms with van der Waals surface area (Å²) in [6.45, 7) is 0.843.